The van der Waals surface area contributed by atoms with E-state index >= 15 is 0 Å². The van der Waals surface area contributed by atoms with Gasteiger partial charge in [0.25, 0.3) is 0 Å². The smallest absolute Gasteiger partial charge is 0.171 e. The highest BCUT2D eigenvalue weighted by Crippen LogP contribution is 2.48. The molecule has 80 valence electrons. The number of carbonyl (C=O) groups excluding carboxylic acids is 1. The Morgan fingerprint density at radius 1 is 1.40 bits per heavy atom. The van der Waals surface area contributed by atoms with Crippen molar-refractivity contribution in [2.75, 3.05) is 6.54 Å². The molecule has 2 N–H and O–H groups in total. The number of benzene rings is 1. The quantitative estimate of drug-likeness (QED) is 0.830. The molecule has 0 saturated heterocycles. The molecule has 15 heavy (non-hydrogen) atoms. The SMILES string of the molecule is NCC1(C(=O)c2cccc(Cl)c2Cl)CC1. The van der Waals surface area contributed by atoms with E-state index < -0.39 is 0 Å². The van der Waals surface area contributed by atoms with Crippen molar-refractivity contribution in [3.05, 3.63) is 33.8 Å². The summed E-state index contributed by atoms with van der Waals surface area (Å²) in [6.45, 7) is 0.384. The highest BCUT2D eigenvalue weighted by Gasteiger charge is 2.49. The Balaban J connectivity index is 2.38. The maximum absolute atomic E-state index is 12.1. The molecule has 1 fully saturated rings. The third kappa shape index (κ3) is 1.78. The molecule has 2 rings (SSSR count). The van der Waals surface area contributed by atoms with Crippen molar-refractivity contribution >= 4 is 29.0 Å². The Morgan fingerprint density at radius 3 is 2.60 bits per heavy atom. The number of Topliss-reactive ketones (excluding diaryl/α,β-unsaturated/α-hetero) is 1. The lowest BCUT2D eigenvalue weighted by Gasteiger charge is -2.12. The summed E-state index contributed by atoms with van der Waals surface area (Å²) in [4.78, 5) is 12.1. The highest BCUT2D eigenvalue weighted by molar-refractivity contribution is 6.44. The lowest BCUT2D eigenvalue weighted by atomic mass is 9.95. The van der Waals surface area contributed by atoms with Crippen LogP contribution in [0.5, 0.6) is 0 Å². The van der Waals surface area contributed by atoms with Crippen LogP contribution in [0.2, 0.25) is 10.0 Å². The van der Waals surface area contributed by atoms with Crippen LogP contribution in [0.4, 0.5) is 0 Å². The Kier molecular flexibility index (Phi) is 2.75. The van der Waals surface area contributed by atoms with Crippen LogP contribution in [0.15, 0.2) is 18.2 Å². The molecule has 0 radical (unpaired) electrons. The van der Waals surface area contributed by atoms with Gasteiger partial charge in [-0.2, -0.15) is 0 Å². The molecule has 1 aromatic rings. The molecule has 0 aliphatic heterocycles. The molecule has 1 saturated carbocycles. The van der Waals surface area contributed by atoms with Crippen molar-refractivity contribution in [1.29, 1.82) is 0 Å². The third-order valence-electron chi connectivity index (χ3n) is 2.92. The largest absolute Gasteiger partial charge is 0.329 e. The van der Waals surface area contributed by atoms with Crippen molar-refractivity contribution in [1.82, 2.24) is 0 Å². The second-order valence-corrected chi connectivity index (χ2v) is 4.70. The predicted molar refractivity (Wildman–Crippen MR) is 61.5 cm³/mol. The van der Waals surface area contributed by atoms with Gasteiger partial charge in [0.15, 0.2) is 5.78 Å². The number of nitrogens with two attached hydrogens (primary N) is 1. The van der Waals surface area contributed by atoms with Crippen LogP contribution < -0.4 is 5.73 Å². The van der Waals surface area contributed by atoms with E-state index in [-0.39, 0.29) is 11.2 Å². The zero-order valence-corrected chi connectivity index (χ0v) is 9.61. The van der Waals surface area contributed by atoms with Crippen LogP contribution >= 0.6 is 23.2 Å². The van der Waals surface area contributed by atoms with Gasteiger partial charge >= 0.3 is 0 Å². The summed E-state index contributed by atoms with van der Waals surface area (Å²) in [5, 5.41) is 0.749. The Morgan fingerprint density at radius 2 is 2.07 bits per heavy atom. The van der Waals surface area contributed by atoms with Crippen molar-refractivity contribution in [3.63, 3.8) is 0 Å². The van der Waals surface area contributed by atoms with Gasteiger partial charge in [-0.25, -0.2) is 0 Å². The highest BCUT2D eigenvalue weighted by atomic mass is 35.5. The lowest BCUT2D eigenvalue weighted by Crippen LogP contribution is -2.25. The topological polar surface area (TPSA) is 43.1 Å². The summed E-state index contributed by atoms with van der Waals surface area (Å²) in [7, 11) is 0. The first-order valence-electron chi connectivity index (χ1n) is 4.80. The summed E-state index contributed by atoms with van der Waals surface area (Å²) in [6.07, 6.45) is 1.70. The lowest BCUT2D eigenvalue weighted by molar-refractivity contribution is 0.0906. The van der Waals surface area contributed by atoms with E-state index in [1.807, 2.05) is 0 Å². The predicted octanol–water partition coefficient (Wildman–Crippen LogP) is 2.92. The molecule has 0 aromatic heterocycles. The fraction of sp³-hybridized carbons (Fsp3) is 0.364. The van der Waals surface area contributed by atoms with E-state index in [9.17, 15) is 4.79 Å². The minimum absolute atomic E-state index is 0.0255. The molecule has 1 aromatic carbocycles. The Labute approximate surface area is 98.4 Å². The second-order valence-electron chi connectivity index (χ2n) is 3.91. The zero-order valence-electron chi connectivity index (χ0n) is 8.09. The minimum Gasteiger partial charge on any atom is -0.329 e. The monoisotopic (exact) mass is 243 g/mol. The van der Waals surface area contributed by atoms with Gasteiger partial charge in [0, 0.05) is 17.5 Å². The number of hydrogen-bond acceptors (Lipinski definition) is 2. The molecular formula is C11H11Cl2NO. The molecule has 2 nitrogen and oxygen atoms in total. The summed E-state index contributed by atoms with van der Waals surface area (Å²) in [6, 6.07) is 5.10. The van der Waals surface area contributed by atoms with Crippen LogP contribution in [0.3, 0.4) is 0 Å². The molecule has 1 aliphatic rings. The van der Waals surface area contributed by atoms with Crippen molar-refractivity contribution in [2.24, 2.45) is 11.1 Å². The molecule has 0 bridgehead atoms. The van der Waals surface area contributed by atoms with Crippen molar-refractivity contribution in [3.8, 4) is 0 Å². The minimum atomic E-state index is -0.367. The Bertz CT molecular complexity index is 413. The maximum Gasteiger partial charge on any atom is 0.171 e. The first-order valence-corrected chi connectivity index (χ1v) is 5.55. The summed E-state index contributed by atoms with van der Waals surface area (Å²) in [5.74, 6) is 0.0255. The average molecular weight is 244 g/mol. The van der Waals surface area contributed by atoms with E-state index in [1.54, 1.807) is 18.2 Å². The van der Waals surface area contributed by atoms with Crippen LogP contribution in [0.1, 0.15) is 23.2 Å². The summed E-state index contributed by atoms with van der Waals surface area (Å²) in [5.41, 5.74) is 5.72. The molecule has 0 spiro atoms. The van der Waals surface area contributed by atoms with E-state index in [4.69, 9.17) is 28.9 Å². The van der Waals surface area contributed by atoms with Gasteiger partial charge in [-0.05, 0) is 25.0 Å². The van der Waals surface area contributed by atoms with E-state index in [1.165, 1.54) is 0 Å². The molecule has 1 aliphatic carbocycles. The number of hydrogen-bond donors (Lipinski definition) is 1. The van der Waals surface area contributed by atoms with E-state index in [2.05, 4.69) is 0 Å². The van der Waals surface area contributed by atoms with Gasteiger partial charge in [0.2, 0.25) is 0 Å². The number of ketones is 1. The van der Waals surface area contributed by atoms with Gasteiger partial charge in [-0.15, -0.1) is 0 Å². The van der Waals surface area contributed by atoms with Gasteiger partial charge in [-0.1, -0.05) is 29.3 Å². The zero-order chi connectivity index (χ0) is 11.1. The van der Waals surface area contributed by atoms with E-state index in [0.717, 1.165) is 12.8 Å². The number of rotatable bonds is 3. The fourth-order valence-corrected chi connectivity index (χ4v) is 2.03. The first kappa shape index (κ1) is 10.9. The normalized spacial score (nSPS) is 17.5. The Hall–Kier alpha value is -0.570. The molecule has 0 heterocycles. The second kappa shape index (κ2) is 3.78. The van der Waals surface area contributed by atoms with Crippen LogP contribution in [-0.4, -0.2) is 12.3 Å². The van der Waals surface area contributed by atoms with Crippen molar-refractivity contribution in [2.45, 2.75) is 12.8 Å². The third-order valence-corrected chi connectivity index (χ3v) is 3.74. The standard InChI is InChI=1S/C11H11Cl2NO/c12-8-3-1-2-7(9(8)13)10(15)11(6-14)4-5-11/h1-3H,4-6,14H2. The summed E-state index contributed by atoms with van der Waals surface area (Å²) < 4.78 is 0. The molecule has 0 amide bonds. The molecule has 0 unspecified atom stereocenters. The van der Waals surface area contributed by atoms with E-state index in [0.29, 0.717) is 22.2 Å². The van der Waals surface area contributed by atoms with Crippen LogP contribution in [-0.2, 0) is 0 Å². The molecular weight excluding hydrogens is 233 g/mol. The summed E-state index contributed by atoms with van der Waals surface area (Å²) >= 11 is 11.8. The van der Waals surface area contributed by atoms with Gasteiger partial charge in [-0.3, -0.25) is 4.79 Å². The van der Waals surface area contributed by atoms with Gasteiger partial charge in [0.1, 0.15) is 0 Å². The van der Waals surface area contributed by atoms with Crippen LogP contribution in [0, 0.1) is 5.41 Å². The van der Waals surface area contributed by atoms with Crippen LogP contribution in [0.25, 0.3) is 0 Å². The number of halogens is 2. The van der Waals surface area contributed by atoms with Gasteiger partial charge in [0.05, 0.1) is 10.0 Å². The van der Waals surface area contributed by atoms with Gasteiger partial charge < -0.3 is 5.73 Å². The average Bonchev–Trinajstić information content (AvgIpc) is 3.02. The van der Waals surface area contributed by atoms with Crippen molar-refractivity contribution < 1.29 is 4.79 Å². The maximum atomic E-state index is 12.1. The fourth-order valence-electron chi connectivity index (χ4n) is 1.64. The molecule has 4 heteroatoms. The number of carbonyl (C=O) groups is 1. The first-order chi connectivity index (χ1) is 7.10. The molecule has 0 atom stereocenters.